The third kappa shape index (κ3) is 1.85. The molecule has 0 aliphatic carbocycles. The van der Waals surface area contributed by atoms with E-state index in [1.807, 2.05) is 6.07 Å². The number of nitrogen functional groups attached to an aromatic ring is 1. The number of nitriles is 2. The highest BCUT2D eigenvalue weighted by molar-refractivity contribution is 5.84. The summed E-state index contributed by atoms with van der Waals surface area (Å²) in [6.07, 6.45) is 1.19. The lowest BCUT2D eigenvalue weighted by molar-refractivity contribution is 1.50. The number of allylic oxidation sites excluding steroid dienone is 2. The van der Waals surface area contributed by atoms with Crippen LogP contribution in [0.4, 0.5) is 5.69 Å². The van der Waals surface area contributed by atoms with Crippen molar-refractivity contribution in [1.29, 1.82) is 10.5 Å². The summed E-state index contributed by atoms with van der Waals surface area (Å²) in [6, 6.07) is 10.7. The maximum Gasteiger partial charge on any atom is 0.101 e. The van der Waals surface area contributed by atoms with Gasteiger partial charge in [-0.25, -0.2) is 0 Å². The van der Waals surface area contributed by atoms with Gasteiger partial charge < -0.3 is 5.73 Å². The zero-order chi connectivity index (χ0) is 9.68. The van der Waals surface area contributed by atoms with Crippen molar-refractivity contribution in [3.63, 3.8) is 0 Å². The monoisotopic (exact) mass is 169 g/mol. The fourth-order valence-electron chi connectivity index (χ4n) is 0.977. The first-order chi connectivity index (χ1) is 6.29. The molecule has 0 unspecified atom stereocenters. The van der Waals surface area contributed by atoms with E-state index in [4.69, 9.17) is 16.3 Å². The molecule has 0 aromatic heterocycles. The summed E-state index contributed by atoms with van der Waals surface area (Å²) in [5.41, 5.74) is 7.03. The van der Waals surface area contributed by atoms with Crippen molar-refractivity contribution in [2.75, 3.05) is 5.73 Å². The number of nitrogens with zero attached hydrogens (tertiary/aromatic N) is 2. The average Bonchev–Trinajstić information content (AvgIpc) is 2.16. The van der Waals surface area contributed by atoms with Gasteiger partial charge in [-0.2, -0.15) is 10.5 Å². The first-order valence-corrected chi connectivity index (χ1v) is 3.64. The Bertz CT molecular complexity index is 419. The highest BCUT2D eigenvalue weighted by Gasteiger charge is 2.02. The van der Waals surface area contributed by atoms with E-state index in [1.54, 1.807) is 30.3 Å². The number of benzene rings is 1. The van der Waals surface area contributed by atoms with Crippen LogP contribution in [0.2, 0.25) is 0 Å². The summed E-state index contributed by atoms with van der Waals surface area (Å²) in [7, 11) is 0. The fraction of sp³-hybridized carbons (Fsp3) is 0. The molecule has 0 amide bonds. The number of nitrogens with two attached hydrogens (primary N) is 1. The van der Waals surface area contributed by atoms with E-state index in [2.05, 4.69) is 0 Å². The van der Waals surface area contributed by atoms with Gasteiger partial charge in [0.05, 0.1) is 11.6 Å². The van der Waals surface area contributed by atoms with Crippen LogP contribution in [0, 0.1) is 22.7 Å². The van der Waals surface area contributed by atoms with Gasteiger partial charge in [-0.3, -0.25) is 0 Å². The van der Waals surface area contributed by atoms with Gasteiger partial charge in [-0.15, -0.1) is 0 Å². The molecule has 3 nitrogen and oxygen atoms in total. The lowest BCUT2D eigenvalue weighted by Crippen LogP contribution is -1.91. The topological polar surface area (TPSA) is 73.6 Å². The van der Waals surface area contributed by atoms with Crippen LogP contribution in [0.3, 0.4) is 0 Å². The van der Waals surface area contributed by atoms with Crippen LogP contribution in [0.25, 0.3) is 5.57 Å². The van der Waals surface area contributed by atoms with Gasteiger partial charge in [0.25, 0.3) is 0 Å². The molecule has 13 heavy (non-hydrogen) atoms. The predicted octanol–water partition coefficient (Wildman–Crippen LogP) is 1.70. The summed E-state index contributed by atoms with van der Waals surface area (Å²) >= 11 is 0. The van der Waals surface area contributed by atoms with Gasteiger partial charge in [-0.1, -0.05) is 18.2 Å². The van der Waals surface area contributed by atoms with E-state index in [9.17, 15) is 0 Å². The summed E-state index contributed by atoms with van der Waals surface area (Å²) in [6.45, 7) is 0. The van der Waals surface area contributed by atoms with Gasteiger partial charge in [0.1, 0.15) is 6.07 Å². The van der Waals surface area contributed by atoms with Gasteiger partial charge in [0.2, 0.25) is 0 Å². The van der Waals surface area contributed by atoms with Gasteiger partial charge in [0, 0.05) is 17.3 Å². The molecule has 2 N–H and O–H groups in total. The van der Waals surface area contributed by atoms with Crippen molar-refractivity contribution in [2.24, 2.45) is 0 Å². The molecule has 3 heteroatoms. The van der Waals surface area contributed by atoms with Crippen LogP contribution in [0.5, 0.6) is 0 Å². The van der Waals surface area contributed by atoms with E-state index >= 15 is 0 Å². The molecule has 0 saturated heterocycles. The molecule has 0 atom stereocenters. The average molecular weight is 169 g/mol. The fourth-order valence-corrected chi connectivity index (χ4v) is 0.977. The molecular weight excluding hydrogens is 162 g/mol. The zero-order valence-electron chi connectivity index (χ0n) is 6.86. The lowest BCUT2D eigenvalue weighted by Gasteiger charge is -2.00. The molecule has 0 aliphatic heterocycles. The van der Waals surface area contributed by atoms with Crippen molar-refractivity contribution in [3.05, 3.63) is 35.9 Å². The minimum atomic E-state index is 0.292. The van der Waals surface area contributed by atoms with E-state index in [0.717, 1.165) is 0 Å². The molecule has 1 aromatic rings. The van der Waals surface area contributed by atoms with Crippen molar-refractivity contribution < 1.29 is 0 Å². The van der Waals surface area contributed by atoms with E-state index < -0.39 is 0 Å². The number of rotatable bonds is 1. The second-order valence-electron chi connectivity index (χ2n) is 2.39. The van der Waals surface area contributed by atoms with Crippen molar-refractivity contribution in [2.45, 2.75) is 0 Å². The summed E-state index contributed by atoms with van der Waals surface area (Å²) in [4.78, 5) is 0. The molecule has 0 aliphatic rings. The number of para-hydroxylation sites is 1. The van der Waals surface area contributed by atoms with Crippen LogP contribution in [0.15, 0.2) is 30.3 Å². The van der Waals surface area contributed by atoms with E-state index in [1.165, 1.54) is 6.08 Å². The second kappa shape index (κ2) is 3.94. The van der Waals surface area contributed by atoms with Crippen LogP contribution >= 0.6 is 0 Å². The Balaban J connectivity index is 3.24. The van der Waals surface area contributed by atoms with Crippen molar-refractivity contribution in [1.82, 2.24) is 0 Å². The zero-order valence-corrected chi connectivity index (χ0v) is 6.86. The van der Waals surface area contributed by atoms with Crippen LogP contribution in [-0.2, 0) is 0 Å². The Morgan fingerprint density at radius 2 is 2.00 bits per heavy atom. The van der Waals surface area contributed by atoms with Crippen LogP contribution in [0.1, 0.15) is 5.56 Å². The van der Waals surface area contributed by atoms with Crippen LogP contribution < -0.4 is 5.73 Å². The van der Waals surface area contributed by atoms with Gasteiger partial charge in [0.15, 0.2) is 0 Å². The molecule has 0 bridgehead atoms. The largest absolute Gasteiger partial charge is 0.398 e. The molecule has 62 valence electrons. The van der Waals surface area contributed by atoms with Crippen molar-refractivity contribution >= 4 is 11.3 Å². The Hall–Kier alpha value is -2.26. The highest BCUT2D eigenvalue weighted by Crippen LogP contribution is 2.19. The smallest absolute Gasteiger partial charge is 0.101 e. The molecular formula is C10H7N3. The molecule has 0 saturated carbocycles. The highest BCUT2D eigenvalue weighted by atomic mass is 14.6. The second-order valence-corrected chi connectivity index (χ2v) is 2.39. The third-order valence-electron chi connectivity index (χ3n) is 1.58. The molecule has 0 fully saturated rings. The first kappa shape index (κ1) is 8.83. The predicted molar refractivity (Wildman–Crippen MR) is 50.1 cm³/mol. The van der Waals surface area contributed by atoms with Gasteiger partial charge in [-0.05, 0) is 6.07 Å². The first-order valence-electron chi connectivity index (χ1n) is 3.64. The number of hydrogen-bond acceptors (Lipinski definition) is 3. The maximum atomic E-state index is 8.71. The van der Waals surface area contributed by atoms with Crippen LogP contribution in [-0.4, -0.2) is 0 Å². The van der Waals surface area contributed by atoms with Crippen molar-refractivity contribution in [3.8, 4) is 12.1 Å². The minimum absolute atomic E-state index is 0.292. The Kier molecular flexibility index (Phi) is 2.68. The summed E-state index contributed by atoms with van der Waals surface area (Å²) < 4.78 is 0. The molecule has 1 aromatic carbocycles. The van der Waals surface area contributed by atoms with Gasteiger partial charge >= 0.3 is 0 Å². The Morgan fingerprint density at radius 3 is 2.54 bits per heavy atom. The van der Waals surface area contributed by atoms with E-state index in [0.29, 0.717) is 16.8 Å². The minimum Gasteiger partial charge on any atom is -0.398 e. The molecule has 1 rings (SSSR count). The number of hydrogen-bond donors (Lipinski definition) is 1. The third-order valence-corrected chi connectivity index (χ3v) is 1.58. The summed E-state index contributed by atoms with van der Waals surface area (Å²) in [5, 5.41) is 17.1. The normalized spacial score (nSPS) is 10.2. The summed E-state index contributed by atoms with van der Waals surface area (Å²) in [5.74, 6) is 0. The SMILES string of the molecule is N#C/C=C(\C#N)c1ccccc1N. The lowest BCUT2D eigenvalue weighted by atomic mass is 10.1. The molecule has 0 radical (unpaired) electrons. The maximum absolute atomic E-state index is 8.71. The Labute approximate surface area is 76.3 Å². The Morgan fingerprint density at radius 1 is 1.31 bits per heavy atom. The van der Waals surface area contributed by atoms with E-state index in [-0.39, 0.29) is 0 Å². The number of anilines is 1. The molecule has 0 spiro atoms. The standard InChI is InChI=1S/C10H7N3/c11-6-5-8(7-12)9-3-1-2-4-10(9)13/h1-5H,13H2/b8-5+. The quantitative estimate of drug-likeness (QED) is 0.513. The molecule has 0 heterocycles.